The summed E-state index contributed by atoms with van der Waals surface area (Å²) >= 11 is 11.9. The van der Waals surface area contributed by atoms with Crippen LogP contribution in [-0.2, 0) is 27.4 Å². The van der Waals surface area contributed by atoms with Crippen LogP contribution in [0.1, 0.15) is 11.1 Å². The van der Waals surface area contributed by atoms with Gasteiger partial charge in [0.15, 0.2) is 0 Å². The molecule has 0 unspecified atom stereocenters. The van der Waals surface area contributed by atoms with Gasteiger partial charge in [-0.05, 0) is 48.4 Å². The Kier molecular flexibility index (Phi) is 8.32. The molecule has 0 saturated carbocycles. The van der Waals surface area contributed by atoms with Gasteiger partial charge in [0, 0.05) is 5.02 Å². The standard InChI is InChI=1S/C23H19Cl2F3N2O4S/c1-34-20-10-8-16(24)13-21(20)35(32,33)30-19(11-14-5-3-2-4-6-14)22(31)29-18-12-15(23(26,27)28)7-9-17(18)25/h2-10,12-13,19,30H,11H2,1H3,(H,29,31)/t19-/m0/s1. The molecule has 3 aromatic rings. The van der Waals surface area contributed by atoms with Crippen LogP contribution in [0.15, 0.2) is 71.6 Å². The fourth-order valence-corrected chi connectivity index (χ4v) is 4.96. The van der Waals surface area contributed by atoms with Gasteiger partial charge in [0.1, 0.15) is 16.7 Å². The highest BCUT2D eigenvalue weighted by atomic mass is 35.5. The van der Waals surface area contributed by atoms with E-state index in [9.17, 15) is 26.4 Å². The molecule has 1 amide bonds. The first-order valence-corrected chi connectivity index (χ1v) is 12.2. The van der Waals surface area contributed by atoms with Crippen LogP contribution < -0.4 is 14.8 Å². The first-order chi connectivity index (χ1) is 16.4. The van der Waals surface area contributed by atoms with Crippen molar-refractivity contribution in [2.75, 3.05) is 12.4 Å². The maximum absolute atomic E-state index is 13.2. The number of rotatable bonds is 8. The van der Waals surface area contributed by atoms with Crippen molar-refractivity contribution in [2.24, 2.45) is 0 Å². The maximum Gasteiger partial charge on any atom is 0.416 e. The minimum Gasteiger partial charge on any atom is -0.495 e. The highest BCUT2D eigenvalue weighted by molar-refractivity contribution is 7.89. The van der Waals surface area contributed by atoms with Gasteiger partial charge in [-0.2, -0.15) is 17.9 Å². The van der Waals surface area contributed by atoms with Crippen LogP contribution in [0.5, 0.6) is 5.75 Å². The van der Waals surface area contributed by atoms with Crippen molar-refractivity contribution in [1.29, 1.82) is 0 Å². The lowest BCUT2D eigenvalue weighted by Gasteiger charge is -2.20. The minimum absolute atomic E-state index is 0.0123. The zero-order valence-electron chi connectivity index (χ0n) is 18.1. The van der Waals surface area contributed by atoms with E-state index in [4.69, 9.17) is 27.9 Å². The second-order valence-corrected chi connectivity index (χ2v) is 9.87. The van der Waals surface area contributed by atoms with Gasteiger partial charge in [0.2, 0.25) is 15.9 Å². The third-order valence-electron chi connectivity index (χ3n) is 4.86. The number of anilines is 1. The van der Waals surface area contributed by atoms with Crippen LogP contribution in [0.25, 0.3) is 0 Å². The summed E-state index contributed by atoms with van der Waals surface area (Å²) in [5.41, 5.74) is -0.742. The quantitative estimate of drug-likeness (QED) is 0.388. The van der Waals surface area contributed by atoms with Crippen LogP contribution in [-0.4, -0.2) is 27.5 Å². The molecule has 0 bridgehead atoms. The molecule has 0 fully saturated rings. The Balaban J connectivity index is 1.96. The van der Waals surface area contributed by atoms with Crippen molar-refractivity contribution in [3.8, 4) is 5.75 Å². The first-order valence-electron chi connectivity index (χ1n) is 9.98. The number of methoxy groups -OCH3 is 1. The molecule has 0 spiro atoms. The van der Waals surface area contributed by atoms with Crippen molar-refractivity contribution >= 4 is 44.8 Å². The monoisotopic (exact) mass is 546 g/mol. The Morgan fingerprint density at radius 2 is 1.71 bits per heavy atom. The summed E-state index contributed by atoms with van der Waals surface area (Å²) in [6, 6.07) is 13.4. The van der Waals surface area contributed by atoms with E-state index in [1.165, 1.54) is 19.2 Å². The third kappa shape index (κ3) is 6.88. The van der Waals surface area contributed by atoms with Crippen molar-refractivity contribution in [3.63, 3.8) is 0 Å². The number of carbonyl (C=O) groups is 1. The number of hydrogen-bond acceptors (Lipinski definition) is 4. The van der Waals surface area contributed by atoms with E-state index in [2.05, 4.69) is 10.0 Å². The number of ether oxygens (including phenoxy) is 1. The number of hydrogen-bond donors (Lipinski definition) is 2. The predicted octanol–water partition coefficient (Wildman–Crippen LogP) is 5.55. The summed E-state index contributed by atoms with van der Waals surface area (Å²) in [5.74, 6) is -0.929. The smallest absolute Gasteiger partial charge is 0.416 e. The molecule has 1 atom stereocenters. The van der Waals surface area contributed by atoms with E-state index in [0.717, 1.165) is 18.2 Å². The minimum atomic E-state index is -4.67. The highest BCUT2D eigenvalue weighted by Gasteiger charge is 2.32. The topological polar surface area (TPSA) is 84.5 Å². The van der Waals surface area contributed by atoms with Gasteiger partial charge in [-0.25, -0.2) is 8.42 Å². The molecule has 35 heavy (non-hydrogen) atoms. The van der Waals surface area contributed by atoms with E-state index in [1.54, 1.807) is 30.3 Å². The Bertz CT molecular complexity index is 1320. The molecule has 186 valence electrons. The first kappa shape index (κ1) is 26.8. The fourth-order valence-electron chi connectivity index (χ4n) is 3.17. The summed E-state index contributed by atoms with van der Waals surface area (Å²) in [6.07, 6.45) is -4.77. The van der Waals surface area contributed by atoms with E-state index >= 15 is 0 Å². The Labute approximate surface area is 210 Å². The Morgan fingerprint density at radius 3 is 2.34 bits per heavy atom. The molecule has 0 saturated heterocycles. The van der Waals surface area contributed by atoms with Crippen LogP contribution in [0, 0.1) is 0 Å². The van der Waals surface area contributed by atoms with Crippen molar-refractivity contribution < 1.29 is 31.1 Å². The second-order valence-electron chi connectivity index (χ2n) is 7.34. The molecule has 12 heteroatoms. The predicted molar refractivity (Wildman–Crippen MR) is 127 cm³/mol. The number of halogens is 5. The van der Waals surface area contributed by atoms with E-state index in [-0.39, 0.29) is 32.8 Å². The zero-order valence-corrected chi connectivity index (χ0v) is 20.4. The molecule has 0 aliphatic carbocycles. The summed E-state index contributed by atoms with van der Waals surface area (Å²) < 4.78 is 73.1. The molecule has 0 aromatic heterocycles. The number of sulfonamides is 1. The SMILES string of the molecule is COc1ccc(Cl)cc1S(=O)(=O)N[C@@H](Cc1ccccc1)C(=O)Nc1cc(C(F)(F)F)ccc1Cl. The maximum atomic E-state index is 13.2. The fraction of sp³-hybridized carbons (Fsp3) is 0.174. The molecule has 3 rings (SSSR count). The third-order valence-corrected chi connectivity index (χ3v) is 6.92. The molecule has 0 aliphatic heterocycles. The van der Waals surface area contributed by atoms with Gasteiger partial charge in [0.25, 0.3) is 0 Å². The summed E-state index contributed by atoms with van der Waals surface area (Å²) in [7, 11) is -3.09. The number of alkyl halides is 3. The average molecular weight is 547 g/mol. The van der Waals surface area contributed by atoms with Crippen molar-refractivity contribution in [1.82, 2.24) is 4.72 Å². The lowest BCUT2D eigenvalue weighted by Crippen LogP contribution is -2.45. The molecular weight excluding hydrogens is 528 g/mol. The largest absolute Gasteiger partial charge is 0.495 e. The lowest BCUT2D eigenvalue weighted by molar-refractivity contribution is -0.137. The Morgan fingerprint density at radius 1 is 1.03 bits per heavy atom. The normalized spacial score (nSPS) is 12.7. The number of amides is 1. The van der Waals surface area contributed by atoms with Crippen LogP contribution in [0.3, 0.4) is 0 Å². The van der Waals surface area contributed by atoms with Gasteiger partial charge in [-0.1, -0.05) is 53.5 Å². The van der Waals surface area contributed by atoms with Crippen molar-refractivity contribution in [2.45, 2.75) is 23.5 Å². The van der Waals surface area contributed by atoms with Crippen LogP contribution in [0.4, 0.5) is 18.9 Å². The summed E-state index contributed by atoms with van der Waals surface area (Å²) in [6.45, 7) is 0. The van der Waals surface area contributed by atoms with Gasteiger partial charge in [0.05, 0.1) is 23.4 Å². The van der Waals surface area contributed by atoms with Gasteiger partial charge in [-0.15, -0.1) is 0 Å². The average Bonchev–Trinajstić information content (AvgIpc) is 2.80. The molecule has 0 heterocycles. The van der Waals surface area contributed by atoms with Gasteiger partial charge < -0.3 is 10.1 Å². The number of carbonyl (C=O) groups excluding carboxylic acids is 1. The van der Waals surface area contributed by atoms with E-state index in [0.29, 0.717) is 11.6 Å². The Hall–Kier alpha value is -2.79. The molecule has 3 aromatic carbocycles. The van der Waals surface area contributed by atoms with Crippen LogP contribution >= 0.6 is 23.2 Å². The van der Waals surface area contributed by atoms with E-state index < -0.39 is 33.7 Å². The molecule has 0 radical (unpaired) electrons. The molecular formula is C23H19Cl2F3N2O4S. The summed E-state index contributed by atoms with van der Waals surface area (Å²) in [4.78, 5) is 12.8. The van der Waals surface area contributed by atoms with Gasteiger partial charge >= 0.3 is 6.18 Å². The molecule has 0 aliphatic rings. The zero-order chi connectivity index (χ0) is 25.8. The highest BCUT2D eigenvalue weighted by Crippen LogP contribution is 2.34. The second kappa shape index (κ2) is 10.9. The van der Waals surface area contributed by atoms with E-state index in [1.807, 2.05) is 0 Å². The van der Waals surface area contributed by atoms with Crippen molar-refractivity contribution in [3.05, 3.63) is 87.9 Å². The lowest BCUT2D eigenvalue weighted by atomic mass is 10.1. The molecule has 2 N–H and O–H groups in total. The number of nitrogens with one attached hydrogen (secondary N) is 2. The molecule has 6 nitrogen and oxygen atoms in total. The number of benzene rings is 3. The van der Waals surface area contributed by atoms with Crippen LogP contribution in [0.2, 0.25) is 10.0 Å². The summed E-state index contributed by atoms with van der Waals surface area (Å²) in [5, 5.41) is 2.27. The van der Waals surface area contributed by atoms with Gasteiger partial charge in [-0.3, -0.25) is 4.79 Å².